The van der Waals surface area contributed by atoms with Crippen LogP contribution in [0.1, 0.15) is 6.42 Å². The SMILES string of the molecule is O=S(=O)(c1ccccc1)N(Cl)[C@H](CO)[C@H](CC(F)(F)F)C(F)(F)F. The molecule has 12 heteroatoms. The maximum Gasteiger partial charge on any atom is 0.393 e. The Morgan fingerprint density at radius 3 is 1.96 bits per heavy atom. The molecule has 0 aliphatic carbocycles. The van der Waals surface area contributed by atoms with E-state index in [2.05, 4.69) is 0 Å². The number of aliphatic hydroxyl groups excluding tert-OH is 1. The fourth-order valence-electron chi connectivity index (χ4n) is 1.92. The second-order valence-corrected chi connectivity index (χ2v) is 7.16. The topological polar surface area (TPSA) is 57.6 Å². The highest BCUT2D eigenvalue weighted by molar-refractivity contribution is 7.90. The van der Waals surface area contributed by atoms with Gasteiger partial charge < -0.3 is 5.11 Å². The molecule has 24 heavy (non-hydrogen) atoms. The molecule has 0 spiro atoms. The summed E-state index contributed by atoms with van der Waals surface area (Å²) in [4.78, 5) is -0.522. The van der Waals surface area contributed by atoms with Crippen LogP contribution >= 0.6 is 11.8 Å². The minimum atomic E-state index is -5.43. The molecule has 2 atom stereocenters. The van der Waals surface area contributed by atoms with Crippen molar-refractivity contribution < 1.29 is 39.9 Å². The van der Waals surface area contributed by atoms with Crippen LogP contribution in [0.3, 0.4) is 0 Å². The van der Waals surface area contributed by atoms with E-state index in [4.69, 9.17) is 16.9 Å². The van der Waals surface area contributed by atoms with Gasteiger partial charge in [-0.25, -0.2) is 8.42 Å². The molecule has 0 saturated carbocycles. The summed E-state index contributed by atoms with van der Waals surface area (Å²) in [6.07, 6.45) is -13.0. The van der Waals surface area contributed by atoms with Gasteiger partial charge in [0.25, 0.3) is 10.0 Å². The van der Waals surface area contributed by atoms with Crippen LogP contribution < -0.4 is 0 Å². The van der Waals surface area contributed by atoms with Gasteiger partial charge in [0, 0.05) is 0 Å². The minimum absolute atomic E-state index is 0.397. The number of nitrogens with zero attached hydrogens (tertiary/aromatic N) is 1. The molecule has 0 amide bonds. The van der Waals surface area contributed by atoms with Crippen molar-refractivity contribution in [3.05, 3.63) is 30.3 Å². The lowest BCUT2D eigenvalue weighted by Crippen LogP contribution is -2.48. The van der Waals surface area contributed by atoms with Crippen LogP contribution in [-0.4, -0.2) is 42.3 Å². The molecule has 0 unspecified atom stereocenters. The Bertz CT molecular complexity index is 634. The molecule has 1 N–H and O–H groups in total. The average Bonchev–Trinajstić information content (AvgIpc) is 2.45. The number of rotatable bonds is 6. The zero-order valence-electron chi connectivity index (χ0n) is 11.7. The average molecular weight is 400 g/mol. The fourth-order valence-corrected chi connectivity index (χ4v) is 3.63. The second kappa shape index (κ2) is 7.46. The van der Waals surface area contributed by atoms with E-state index in [1.807, 2.05) is 0 Å². The van der Waals surface area contributed by atoms with E-state index >= 15 is 0 Å². The molecule has 0 aromatic heterocycles. The molecule has 0 bridgehead atoms. The summed E-state index contributed by atoms with van der Waals surface area (Å²) >= 11 is 5.42. The zero-order valence-corrected chi connectivity index (χ0v) is 13.3. The quantitative estimate of drug-likeness (QED) is 0.590. The van der Waals surface area contributed by atoms with Crippen LogP contribution in [0.4, 0.5) is 26.3 Å². The molecule has 0 saturated heterocycles. The number of alkyl halides is 6. The van der Waals surface area contributed by atoms with Gasteiger partial charge in [-0.05, 0) is 23.9 Å². The van der Waals surface area contributed by atoms with E-state index < -0.39 is 56.1 Å². The van der Waals surface area contributed by atoms with Gasteiger partial charge >= 0.3 is 12.4 Å². The van der Waals surface area contributed by atoms with Crippen molar-refractivity contribution in [1.82, 2.24) is 3.82 Å². The first-order chi connectivity index (χ1) is 10.8. The highest BCUT2D eigenvalue weighted by atomic mass is 35.5. The number of benzene rings is 1. The third-order valence-electron chi connectivity index (χ3n) is 3.05. The maximum absolute atomic E-state index is 12.9. The van der Waals surface area contributed by atoms with Crippen LogP contribution in [0, 0.1) is 5.92 Å². The van der Waals surface area contributed by atoms with Gasteiger partial charge in [0.05, 0.1) is 29.9 Å². The number of halogens is 7. The van der Waals surface area contributed by atoms with Crippen molar-refractivity contribution in [3.8, 4) is 0 Å². The zero-order chi connectivity index (χ0) is 18.8. The summed E-state index contributed by atoms with van der Waals surface area (Å²) in [5.74, 6) is -3.22. The number of sulfonamides is 1. The smallest absolute Gasteiger partial charge is 0.393 e. The van der Waals surface area contributed by atoms with Gasteiger partial charge in [-0.2, -0.15) is 26.3 Å². The third-order valence-corrected chi connectivity index (χ3v) is 5.45. The molecule has 0 heterocycles. The molecule has 4 nitrogen and oxygen atoms in total. The van der Waals surface area contributed by atoms with Gasteiger partial charge in [0.1, 0.15) is 0 Å². The minimum Gasteiger partial charge on any atom is -0.395 e. The Morgan fingerprint density at radius 1 is 1.08 bits per heavy atom. The molecular formula is C12H12ClF6NO3S. The summed E-state index contributed by atoms with van der Waals surface area (Å²) in [7, 11) is -4.74. The van der Waals surface area contributed by atoms with Gasteiger partial charge in [-0.3, -0.25) is 0 Å². The van der Waals surface area contributed by atoms with Crippen LogP contribution in [-0.2, 0) is 10.0 Å². The summed E-state index contributed by atoms with van der Waals surface area (Å²) in [5.41, 5.74) is 0. The van der Waals surface area contributed by atoms with Gasteiger partial charge in [-0.15, -0.1) is 3.82 Å². The molecule has 1 aromatic carbocycles. The van der Waals surface area contributed by atoms with Crippen LogP contribution in [0.5, 0.6) is 0 Å². The standard InChI is InChI=1S/C12H12ClF6NO3S/c13-20(24(22,23)8-4-2-1-3-5-8)10(7-21)9(12(17,18)19)6-11(14,15)16/h1-5,9-10,21H,6-7H2/t9-,10+/m0/s1. The molecule has 0 aliphatic rings. The highest BCUT2D eigenvalue weighted by Gasteiger charge is 2.53. The first-order valence-corrected chi connectivity index (χ1v) is 8.08. The first-order valence-electron chi connectivity index (χ1n) is 6.30. The number of aliphatic hydroxyl groups is 1. The summed E-state index contributed by atoms with van der Waals surface area (Å²) in [6.45, 7) is -1.55. The lowest BCUT2D eigenvalue weighted by atomic mass is 9.96. The van der Waals surface area contributed by atoms with Crippen LogP contribution in [0.15, 0.2) is 35.2 Å². The normalized spacial score (nSPS) is 16.2. The molecule has 0 radical (unpaired) electrons. The number of hydrogen-bond acceptors (Lipinski definition) is 3. The van der Waals surface area contributed by atoms with E-state index in [1.54, 1.807) is 0 Å². The number of hydrogen-bond donors (Lipinski definition) is 1. The van der Waals surface area contributed by atoms with Crippen molar-refractivity contribution >= 4 is 21.8 Å². The molecule has 138 valence electrons. The molecule has 0 fully saturated rings. The summed E-state index contributed by atoms with van der Waals surface area (Å²) in [5, 5.41) is 9.08. The Balaban J connectivity index is 3.26. The van der Waals surface area contributed by atoms with E-state index in [1.165, 1.54) is 18.2 Å². The van der Waals surface area contributed by atoms with Crippen molar-refractivity contribution in [2.45, 2.75) is 29.7 Å². The fraction of sp³-hybridized carbons (Fsp3) is 0.500. The molecule has 1 rings (SSSR count). The van der Waals surface area contributed by atoms with Crippen LogP contribution in [0.25, 0.3) is 0 Å². The van der Waals surface area contributed by atoms with E-state index in [9.17, 15) is 34.8 Å². The lowest BCUT2D eigenvalue weighted by Gasteiger charge is -2.32. The Hall–Kier alpha value is -1.04. The predicted octanol–water partition coefficient (Wildman–Crippen LogP) is 3.32. The van der Waals surface area contributed by atoms with Crippen molar-refractivity contribution in [2.24, 2.45) is 5.92 Å². The molecule has 0 aliphatic heterocycles. The summed E-state index contributed by atoms with van der Waals surface area (Å²) in [6, 6.07) is 3.39. The third kappa shape index (κ3) is 5.23. The molecular weight excluding hydrogens is 388 g/mol. The Morgan fingerprint density at radius 2 is 1.58 bits per heavy atom. The van der Waals surface area contributed by atoms with Crippen molar-refractivity contribution in [1.29, 1.82) is 0 Å². The van der Waals surface area contributed by atoms with E-state index in [-0.39, 0.29) is 0 Å². The highest BCUT2D eigenvalue weighted by Crippen LogP contribution is 2.40. The van der Waals surface area contributed by atoms with E-state index in [0.29, 0.717) is 0 Å². The Labute approximate surface area is 138 Å². The van der Waals surface area contributed by atoms with Gasteiger partial charge in [-0.1, -0.05) is 18.2 Å². The largest absolute Gasteiger partial charge is 0.395 e. The molecule has 1 aromatic rings. The second-order valence-electron chi connectivity index (χ2n) is 4.78. The Kier molecular flexibility index (Phi) is 6.53. The lowest BCUT2D eigenvalue weighted by molar-refractivity contribution is -0.229. The predicted molar refractivity (Wildman–Crippen MR) is 72.4 cm³/mol. The van der Waals surface area contributed by atoms with Gasteiger partial charge in [0.2, 0.25) is 0 Å². The van der Waals surface area contributed by atoms with E-state index in [0.717, 1.165) is 12.1 Å². The van der Waals surface area contributed by atoms with Crippen molar-refractivity contribution in [2.75, 3.05) is 6.61 Å². The van der Waals surface area contributed by atoms with Gasteiger partial charge in [0.15, 0.2) is 0 Å². The first kappa shape index (κ1) is 21.0. The van der Waals surface area contributed by atoms with Crippen LogP contribution in [0.2, 0.25) is 0 Å². The van der Waals surface area contributed by atoms with Crippen molar-refractivity contribution in [3.63, 3.8) is 0 Å². The maximum atomic E-state index is 12.9. The monoisotopic (exact) mass is 399 g/mol. The summed E-state index contributed by atoms with van der Waals surface area (Å²) < 4.78 is 100.